The Bertz CT molecular complexity index is 730. The minimum absolute atomic E-state index is 0.0841. The molecule has 1 aromatic carbocycles. The van der Waals surface area contributed by atoms with Gasteiger partial charge in [-0.1, -0.05) is 23.2 Å². The maximum Gasteiger partial charge on any atom is 0.260 e. The van der Waals surface area contributed by atoms with E-state index in [0.717, 1.165) is 12.8 Å². The zero-order chi connectivity index (χ0) is 17.6. The molecule has 1 aliphatic rings. The number of ether oxygens (including phenoxy) is 2. The van der Waals surface area contributed by atoms with Crippen LogP contribution in [0.5, 0.6) is 11.6 Å². The van der Waals surface area contributed by atoms with Crippen molar-refractivity contribution in [2.75, 3.05) is 19.7 Å². The second-order valence-corrected chi connectivity index (χ2v) is 6.49. The molecule has 8 heteroatoms. The van der Waals surface area contributed by atoms with Gasteiger partial charge in [0.15, 0.2) is 6.61 Å². The molecule has 0 spiro atoms. The van der Waals surface area contributed by atoms with Crippen molar-refractivity contribution >= 4 is 29.1 Å². The highest BCUT2D eigenvalue weighted by Crippen LogP contribution is 2.27. The molecule has 1 aromatic heterocycles. The van der Waals surface area contributed by atoms with Gasteiger partial charge in [-0.15, -0.1) is 5.10 Å². The molecule has 1 atom stereocenters. The Balaban J connectivity index is 1.53. The van der Waals surface area contributed by atoms with E-state index in [-0.39, 0.29) is 18.6 Å². The van der Waals surface area contributed by atoms with E-state index in [0.29, 0.717) is 34.8 Å². The standard InChI is InChI=1S/C17H17Cl2N3O3/c18-12-5-6-15(14(19)9-12)24-11-17(23)22-8-2-3-13(10-22)25-16-4-1-7-20-21-16/h1,4-7,9,13H,2-3,8,10-11H2. The van der Waals surface area contributed by atoms with Crippen molar-refractivity contribution in [1.82, 2.24) is 15.1 Å². The minimum Gasteiger partial charge on any atom is -0.482 e. The third-order valence-electron chi connectivity index (χ3n) is 3.81. The molecule has 0 aliphatic carbocycles. The summed E-state index contributed by atoms with van der Waals surface area (Å²) >= 11 is 11.9. The SMILES string of the molecule is O=C(COc1ccc(Cl)cc1Cl)N1CCCC(Oc2cccnn2)C1. The van der Waals surface area contributed by atoms with Gasteiger partial charge in [0.1, 0.15) is 11.9 Å². The molecule has 25 heavy (non-hydrogen) atoms. The number of carbonyl (C=O) groups excluding carboxylic acids is 1. The van der Waals surface area contributed by atoms with Gasteiger partial charge < -0.3 is 14.4 Å². The lowest BCUT2D eigenvalue weighted by Crippen LogP contribution is -2.46. The Labute approximate surface area is 155 Å². The van der Waals surface area contributed by atoms with E-state index >= 15 is 0 Å². The number of aromatic nitrogens is 2. The lowest BCUT2D eigenvalue weighted by atomic mass is 10.1. The summed E-state index contributed by atoms with van der Waals surface area (Å²) in [7, 11) is 0. The van der Waals surface area contributed by atoms with Crippen LogP contribution in [0.4, 0.5) is 0 Å². The smallest absolute Gasteiger partial charge is 0.260 e. The quantitative estimate of drug-likeness (QED) is 0.795. The van der Waals surface area contributed by atoms with Crippen molar-refractivity contribution in [2.24, 2.45) is 0 Å². The molecule has 0 saturated carbocycles. The zero-order valence-electron chi connectivity index (χ0n) is 13.4. The van der Waals surface area contributed by atoms with Gasteiger partial charge in [0.25, 0.3) is 5.91 Å². The molecule has 132 valence electrons. The summed E-state index contributed by atoms with van der Waals surface area (Å²) in [6.07, 6.45) is 3.21. The summed E-state index contributed by atoms with van der Waals surface area (Å²) in [5.74, 6) is 0.785. The lowest BCUT2D eigenvalue weighted by molar-refractivity contribution is -0.136. The highest BCUT2D eigenvalue weighted by atomic mass is 35.5. The molecule has 0 N–H and O–H groups in total. The number of halogens is 2. The first kappa shape index (κ1) is 17.8. The largest absolute Gasteiger partial charge is 0.482 e. The molecule has 2 aromatic rings. The number of amides is 1. The summed E-state index contributed by atoms with van der Waals surface area (Å²) in [5, 5.41) is 8.59. The van der Waals surface area contributed by atoms with Gasteiger partial charge in [-0.3, -0.25) is 4.79 Å². The first-order chi connectivity index (χ1) is 12.1. The fourth-order valence-electron chi connectivity index (χ4n) is 2.60. The molecule has 1 saturated heterocycles. The number of hydrogen-bond donors (Lipinski definition) is 0. The second-order valence-electron chi connectivity index (χ2n) is 5.65. The number of hydrogen-bond acceptors (Lipinski definition) is 5. The Morgan fingerprint density at radius 2 is 2.20 bits per heavy atom. The molecule has 1 amide bonds. The Morgan fingerprint density at radius 3 is 2.96 bits per heavy atom. The van der Waals surface area contributed by atoms with Crippen molar-refractivity contribution in [2.45, 2.75) is 18.9 Å². The summed E-state index contributed by atoms with van der Waals surface area (Å²) < 4.78 is 11.3. The molecule has 1 fully saturated rings. The highest BCUT2D eigenvalue weighted by molar-refractivity contribution is 6.35. The predicted octanol–water partition coefficient (Wildman–Crippen LogP) is 3.23. The van der Waals surface area contributed by atoms with Crippen LogP contribution in [0.2, 0.25) is 10.0 Å². The zero-order valence-corrected chi connectivity index (χ0v) is 14.9. The van der Waals surface area contributed by atoms with Crippen molar-refractivity contribution in [3.8, 4) is 11.6 Å². The molecule has 3 rings (SSSR count). The van der Waals surface area contributed by atoms with E-state index in [1.165, 1.54) is 0 Å². The van der Waals surface area contributed by atoms with Crippen LogP contribution in [-0.4, -0.2) is 46.8 Å². The topological polar surface area (TPSA) is 64.5 Å². The number of benzene rings is 1. The molecule has 1 unspecified atom stereocenters. The predicted molar refractivity (Wildman–Crippen MR) is 94.2 cm³/mol. The van der Waals surface area contributed by atoms with E-state index in [1.54, 1.807) is 41.4 Å². The maximum absolute atomic E-state index is 12.4. The van der Waals surface area contributed by atoms with Crippen LogP contribution in [0.1, 0.15) is 12.8 Å². The fourth-order valence-corrected chi connectivity index (χ4v) is 3.07. The number of likely N-dealkylation sites (tertiary alicyclic amines) is 1. The van der Waals surface area contributed by atoms with Gasteiger partial charge in [-0.25, -0.2) is 0 Å². The Kier molecular flexibility index (Phi) is 5.94. The van der Waals surface area contributed by atoms with Gasteiger partial charge in [-0.2, -0.15) is 5.10 Å². The number of rotatable bonds is 5. The van der Waals surface area contributed by atoms with Crippen LogP contribution in [0.3, 0.4) is 0 Å². The third kappa shape index (κ3) is 4.96. The molecule has 2 heterocycles. The molecule has 0 bridgehead atoms. The summed E-state index contributed by atoms with van der Waals surface area (Å²) in [6.45, 7) is 1.09. The van der Waals surface area contributed by atoms with Gasteiger partial charge >= 0.3 is 0 Å². The van der Waals surface area contributed by atoms with E-state index < -0.39 is 0 Å². The third-order valence-corrected chi connectivity index (χ3v) is 4.34. The van der Waals surface area contributed by atoms with E-state index in [9.17, 15) is 4.79 Å². The van der Waals surface area contributed by atoms with Gasteiger partial charge in [0.05, 0.1) is 11.6 Å². The van der Waals surface area contributed by atoms with Crippen molar-refractivity contribution < 1.29 is 14.3 Å². The normalized spacial score (nSPS) is 17.2. The van der Waals surface area contributed by atoms with Gasteiger partial charge in [0.2, 0.25) is 5.88 Å². The molecular weight excluding hydrogens is 365 g/mol. The van der Waals surface area contributed by atoms with Crippen molar-refractivity contribution in [3.05, 3.63) is 46.6 Å². The first-order valence-electron chi connectivity index (χ1n) is 7.92. The Morgan fingerprint density at radius 1 is 1.32 bits per heavy atom. The Hall–Kier alpha value is -2.05. The van der Waals surface area contributed by atoms with Crippen LogP contribution in [0.25, 0.3) is 0 Å². The molecule has 1 aliphatic heterocycles. The van der Waals surface area contributed by atoms with Gasteiger partial charge in [0, 0.05) is 23.8 Å². The highest BCUT2D eigenvalue weighted by Gasteiger charge is 2.25. The van der Waals surface area contributed by atoms with Crippen LogP contribution in [-0.2, 0) is 4.79 Å². The first-order valence-corrected chi connectivity index (χ1v) is 8.67. The minimum atomic E-state index is -0.113. The molecular formula is C17H17Cl2N3O3. The average Bonchev–Trinajstić information content (AvgIpc) is 2.62. The van der Waals surface area contributed by atoms with Crippen LogP contribution in [0, 0.1) is 0 Å². The molecule has 6 nitrogen and oxygen atoms in total. The van der Waals surface area contributed by atoms with Crippen LogP contribution in [0.15, 0.2) is 36.5 Å². The monoisotopic (exact) mass is 381 g/mol. The summed E-state index contributed by atoms with van der Waals surface area (Å²) in [4.78, 5) is 14.1. The fraction of sp³-hybridized carbons (Fsp3) is 0.353. The summed E-state index contributed by atoms with van der Waals surface area (Å²) in [6, 6.07) is 8.40. The second kappa shape index (κ2) is 8.36. The van der Waals surface area contributed by atoms with E-state index in [1.807, 2.05) is 0 Å². The van der Waals surface area contributed by atoms with Crippen LogP contribution < -0.4 is 9.47 Å². The average molecular weight is 382 g/mol. The van der Waals surface area contributed by atoms with E-state index in [4.69, 9.17) is 32.7 Å². The van der Waals surface area contributed by atoms with Crippen molar-refractivity contribution in [1.29, 1.82) is 0 Å². The van der Waals surface area contributed by atoms with E-state index in [2.05, 4.69) is 10.2 Å². The van der Waals surface area contributed by atoms with Gasteiger partial charge in [-0.05, 0) is 37.1 Å². The number of carbonyl (C=O) groups is 1. The van der Waals surface area contributed by atoms with Crippen LogP contribution >= 0.6 is 23.2 Å². The van der Waals surface area contributed by atoms with Crippen molar-refractivity contribution in [3.63, 3.8) is 0 Å². The number of piperidine rings is 1. The number of nitrogens with zero attached hydrogens (tertiary/aromatic N) is 3. The molecule has 0 radical (unpaired) electrons. The summed E-state index contributed by atoms with van der Waals surface area (Å²) in [5.41, 5.74) is 0. The maximum atomic E-state index is 12.4. The lowest BCUT2D eigenvalue weighted by Gasteiger charge is -2.32.